The molecule has 0 spiro atoms. The highest BCUT2D eigenvalue weighted by Gasteiger charge is 2.02. The summed E-state index contributed by atoms with van der Waals surface area (Å²) in [4.78, 5) is 0. The second-order valence-electron chi connectivity index (χ2n) is 3.51. The van der Waals surface area contributed by atoms with Crippen LogP contribution >= 0.6 is 0 Å². The van der Waals surface area contributed by atoms with Gasteiger partial charge in [0.1, 0.15) is 0 Å². The van der Waals surface area contributed by atoms with Crippen molar-refractivity contribution in [2.24, 2.45) is 4.36 Å². The zero-order valence-corrected chi connectivity index (χ0v) is 11.3. The van der Waals surface area contributed by atoms with Crippen molar-refractivity contribution in [1.82, 2.24) is 0 Å². The first-order chi connectivity index (χ1) is 9.19. The predicted octanol–water partition coefficient (Wildman–Crippen LogP) is 3.05. The Kier molecular flexibility index (Phi) is 6.49. The Morgan fingerprint density at radius 3 is 2.11 bits per heavy atom. The van der Waals surface area contributed by atoms with E-state index in [-0.39, 0.29) is 6.61 Å². The summed E-state index contributed by atoms with van der Waals surface area (Å²) in [7, 11) is -2.43. The van der Waals surface area contributed by atoms with E-state index >= 15 is 0 Å². The fourth-order valence-corrected chi connectivity index (χ4v) is 1.82. The minimum absolute atomic E-state index is 0.250. The standard InChI is InChI=1S/C12H9NO2S.C2H6O/c14-16(15)13-12-9-5-4-8-11(12)10-6-2-1-3-7-10;1-2-3/h1-9H;3H,2H2,1H3. The Morgan fingerprint density at radius 1 is 1.00 bits per heavy atom. The van der Waals surface area contributed by atoms with Crippen molar-refractivity contribution >= 4 is 16.2 Å². The van der Waals surface area contributed by atoms with Crippen molar-refractivity contribution in [1.29, 1.82) is 0 Å². The zero-order valence-electron chi connectivity index (χ0n) is 10.5. The maximum atomic E-state index is 10.6. The molecule has 0 heterocycles. The van der Waals surface area contributed by atoms with Crippen LogP contribution in [0.1, 0.15) is 6.92 Å². The highest BCUT2D eigenvalue weighted by molar-refractivity contribution is 7.61. The minimum Gasteiger partial charge on any atom is -0.397 e. The van der Waals surface area contributed by atoms with Gasteiger partial charge in [0.05, 0.1) is 5.69 Å². The van der Waals surface area contributed by atoms with Gasteiger partial charge in [-0.3, -0.25) is 0 Å². The van der Waals surface area contributed by atoms with Gasteiger partial charge in [0.25, 0.3) is 0 Å². The van der Waals surface area contributed by atoms with E-state index in [9.17, 15) is 8.42 Å². The number of hydrogen-bond acceptors (Lipinski definition) is 4. The van der Waals surface area contributed by atoms with Gasteiger partial charge in [-0.1, -0.05) is 48.5 Å². The molecule has 2 aromatic rings. The fourth-order valence-electron chi connectivity index (χ4n) is 1.50. The third-order valence-corrected chi connectivity index (χ3v) is 2.51. The van der Waals surface area contributed by atoms with Crippen molar-refractivity contribution in [3.05, 3.63) is 54.6 Å². The summed E-state index contributed by atoms with van der Waals surface area (Å²) in [5, 5.41) is 7.57. The molecule has 2 rings (SSSR count). The Hall–Kier alpha value is -1.98. The molecule has 19 heavy (non-hydrogen) atoms. The van der Waals surface area contributed by atoms with Crippen LogP contribution in [0.2, 0.25) is 0 Å². The second kappa shape index (κ2) is 8.18. The van der Waals surface area contributed by atoms with Crippen LogP contribution in [0, 0.1) is 0 Å². The van der Waals surface area contributed by atoms with Crippen molar-refractivity contribution in [3.63, 3.8) is 0 Å². The van der Waals surface area contributed by atoms with Gasteiger partial charge in [-0.2, -0.15) is 8.42 Å². The van der Waals surface area contributed by atoms with Gasteiger partial charge >= 0.3 is 10.5 Å². The van der Waals surface area contributed by atoms with Crippen LogP contribution in [-0.4, -0.2) is 20.1 Å². The first kappa shape index (κ1) is 15.1. The molecule has 0 bridgehead atoms. The maximum Gasteiger partial charge on any atom is 0.316 e. The number of aliphatic hydroxyl groups is 1. The van der Waals surface area contributed by atoms with Gasteiger partial charge in [0.2, 0.25) is 0 Å². The molecule has 100 valence electrons. The Morgan fingerprint density at radius 2 is 1.53 bits per heavy atom. The largest absolute Gasteiger partial charge is 0.397 e. The van der Waals surface area contributed by atoms with Crippen molar-refractivity contribution in [2.75, 3.05) is 6.61 Å². The molecule has 0 saturated heterocycles. The number of benzene rings is 2. The van der Waals surface area contributed by atoms with Gasteiger partial charge in [-0.25, -0.2) is 0 Å². The van der Waals surface area contributed by atoms with E-state index in [0.29, 0.717) is 5.69 Å². The number of rotatable bonds is 2. The molecule has 2 aromatic carbocycles. The average Bonchev–Trinajstić information content (AvgIpc) is 2.40. The lowest BCUT2D eigenvalue weighted by atomic mass is 10.0. The Balaban J connectivity index is 0.000000550. The summed E-state index contributed by atoms with van der Waals surface area (Å²) in [6, 6.07) is 16.7. The second-order valence-corrected chi connectivity index (χ2v) is 4.12. The first-order valence-electron chi connectivity index (χ1n) is 5.75. The van der Waals surface area contributed by atoms with E-state index < -0.39 is 10.5 Å². The summed E-state index contributed by atoms with van der Waals surface area (Å²) in [6.07, 6.45) is 0. The van der Waals surface area contributed by atoms with Crippen LogP contribution in [0.3, 0.4) is 0 Å². The normalized spacial score (nSPS) is 9.16. The molecule has 0 aliphatic heterocycles. The van der Waals surface area contributed by atoms with Gasteiger partial charge in [-0.15, -0.1) is 4.36 Å². The number of nitrogens with zero attached hydrogens (tertiary/aromatic N) is 1. The molecule has 0 unspecified atom stereocenters. The van der Waals surface area contributed by atoms with Gasteiger partial charge < -0.3 is 5.11 Å². The molecular weight excluding hydrogens is 262 g/mol. The van der Waals surface area contributed by atoms with Crippen LogP contribution in [-0.2, 0) is 10.5 Å². The lowest BCUT2D eigenvalue weighted by molar-refractivity contribution is 0.318. The molecule has 0 atom stereocenters. The first-order valence-corrected chi connectivity index (χ1v) is 6.78. The SMILES string of the molecule is CCO.O=S(=O)=Nc1ccccc1-c1ccccc1. The lowest BCUT2D eigenvalue weighted by Gasteiger charge is -2.03. The average molecular weight is 277 g/mol. The fraction of sp³-hybridized carbons (Fsp3) is 0.143. The van der Waals surface area contributed by atoms with Gasteiger partial charge in [0.15, 0.2) is 0 Å². The Labute approximate surface area is 114 Å². The third-order valence-electron chi connectivity index (χ3n) is 2.16. The smallest absolute Gasteiger partial charge is 0.316 e. The molecule has 0 amide bonds. The van der Waals surface area contributed by atoms with Crippen molar-refractivity contribution in [3.8, 4) is 11.1 Å². The van der Waals surface area contributed by atoms with E-state index in [1.54, 1.807) is 19.1 Å². The molecule has 5 heteroatoms. The minimum atomic E-state index is -2.43. The number of aliphatic hydroxyl groups excluding tert-OH is 1. The van der Waals surface area contributed by atoms with E-state index in [2.05, 4.69) is 4.36 Å². The highest BCUT2D eigenvalue weighted by Crippen LogP contribution is 2.29. The Bertz CT molecular complexity index is 629. The van der Waals surface area contributed by atoms with Crippen LogP contribution in [0.15, 0.2) is 59.0 Å². The van der Waals surface area contributed by atoms with Crippen molar-refractivity contribution in [2.45, 2.75) is 6.92 Å². The molecule has 0 fully saturated rings. The molecular formula is C14H15NO3S. The predicted molar refractivity (Wildman–Crippen MR) is 75.6 cm³/mol. The summed E-state index contributed by atoms with van der Waals surface area (Å²) in [5.41, 5.74) is 2.22. The topological polar surface area (TPSA) is 66.7 Å². The van der Waals surface area contributed by atoms with Gasteiger partial charge in [-0.05, 0) is 18.6 Å². The summed E-state index contributed by atoms with van der Waals surface area (Å²) in [5.74, 6) is 0. The van der Waals surface area contributed by atoms with Gasteiger partial charge in [0, 0.05) is 12.2 Å². The summed E-state index contributed by atoms with van der Waals surface area (Å²) < 4.78 is 24.7. The summed E-state index contributed by atoms with van der Waals surface area (Å²) in [6.45, 7) is 1.93. The van der Waals surface area contributed by atoms with Crippen LogP contribution in [0.4, 0.5) is 5.69 Å². The van der Waals surface area contributed by atoms with E-state index in [1.165, 1.54) is 0 Å². The number of hydrogen-bond donors (Lipinski definition) is 1. The molecule has 0 saturated carbocycles. The van der Waals surface area contributed by atoms with E-state index in [4.69, 9.17) is 5.11 Å². The van der Waals surface area contributed by atoms with Crippen molar-refractivity contribution < 1.29 is 13.5 Å². The van der Waals surface area contributed by atoms with Crippen LogP contribution in [0.5, 0.6) is 0 Å². The molecule has 4 nitrogen and oxygen atoms in total. The quantitative estimate of drug-likeness (QED) is 0.917. The zero-order chi connectivity index (χ0) is 14.1. The summed E-state index contributed by atoms with van der Waals surface area (Å²) >= 11 is 0. The van der Waals surface area contributed by atoms with Crippen LogP contribution < -0.4 is 0 Å². The molecule has 0 radical (unpaired) electrons. The lowest BCUT2D eigenvalue weighted by Crippen LogP contribution is -1.77. The monoisotopic (exact) mass is 277 g/mol. The van der Waals surface area contributed by atoms with Crippen LogP contribution in [0.25, 0.3) is 11.1 Å². The third kappa shape index (κ3) is 5.03. The highest BCUT2D eigenvalue weighted by atomic mass is 32.2. The molecule has 1 N–H and O–H groups in total. The van der Waals surface area contributed by atoms with E-state index in [1.807, 2.05) is 42.5 Å². The maximum absolute atomic E-state index is 10.6. The molecule has 0 aliphatic rings. The van der Waals surface area contributed by atoms with E-state index in [0.717, 1.165) is 11.1 Å². The molecule has 0 aromatic heterocycles. The molecule has 0 aliphatic carbocycles.